The van der Waals surface area contributed by atoms with Crippen LogP contribution in [0.1, 0.15) is 13.3 Å². The molecule has 0 aliphatic carbocycles. The molecule has 9 nitrogen and oxygen atoms in total. The second-order valence-corrected chi connectivity index (χ2v) is 7.08. The Morgan fingerprint density at radius 2 is 1.57 bits per heavy atom. The Kier molecular flexibility index (Phi) is 6.94. The van der Waals surface area contributed by atoms with Gasteiger partial charge >= 0.3 is 11.9 Å². The van der Waals surface area contributed by atoms with Gasteiger partial charge in [0.2, 0.25) is 5.91 Å². The van der Waals surface area contributed by atoms with Gasteiger partial charge in [-0.15, -0.1) is 0 Å². The fraction of sp³-hybridized carbons (Fsp3) is 0.476. The van der Waals surface area contributed by atoms with Gasteiger partial charge in [0.15, 0.2) is 0 Å². The molecule has 2 heterocycles. The lowest BCUT2D eigenvalue weighted by atomic mass is 10.1. The van der Waals surface area contributed by atoms with E-state index in [1.54, 1.807) is 11.8 Å². The number of hydrogen-bond donors (Lipinski definition) is 0. The van der Waals surface area contributed by atoms with E-state index in [2.05, 4.69) is 4.90 Å². The fourth-order valence-electron chi connectivity index (χ4n) is 3.68. The van der Waals surface area contributed by atoms with Crippen LogP contribution >= 0.6 is 0 Å². The van der Waals surface area contributed by atoms with E-state index in [1.807, 2.05) is 29.2 Å². The SMILES string of the molecule is COC(=O)C1=C(C(=O)OC)N(c2ccc(N3CCCN(C(C)=O)CC3)cc2)COC1. The zero-order chi connectivity index (χ0) is 21.7. The number of methoxy groups -OCH3 is 2. The van der Waals surface area contributed by atoms with Crippen molar-refractivity contribution in [1.82, 2.24) is 4.90 Å². The molecule has 3 rings (SSSR count). The van der Waals surface area contributed by atoms with Crippen LogP contribution in [-0.4, -0.2) is 76.5 Å². The predicted octanol–water partition coefficient (Wildman–Crippen LogP) is 1.14. The summed E-state index contributed by atoms with van der Waals surface area (Å²) in [4.78, 5) is 41.8. The van der Waals surface area contributed by atoms with Crippen LogP contribution in [0.2, 0.25) is 0 Å². The minimum Gasteiger partial charge on any atom is -0.466 e. The minimum absolute atomic E-state index is 0.0217. The molecular formula is C21H27N3O6. The number of ether oxygens (including phenoxy) is 3. The molecule has 0 spiro atoms. The third kappa shape index (κ3) is 4.56. The maximum atomic E-state index is 12.4. The van der Waals surface area contributed by atoms with E-state index in [0.29, 0.717) is 12.2 Å². The lowest BCUT2D eigenvalue weighted by Gasteiger charge is -2.31. The van der Waals surface area contributed by atoms with E-state index in [9.17, 15) is 14.4 Å². The quantitative estimate of drug-likeness (QED) is 0.674. The van der Waals surface area contributed by atoms with Crippen LogP contribution in [0, 0.1) is 0 Å². The topological polar surface area (TPSA) is 88.6 Å². The van der Waals surface area contributed by atoms with Gasteiger partial charge in [-0.2, -0.15) is 0 Å². The van der Waals surface area contributed by atoms with Crippen molar-refractivity contribution in [3.63, 3.8) is 0 Å². The Bertz CT molecular complexity index is 836. The van der Waals surface area contributed by atoms with Crippen molar-refractivity contribution in [2.45, 2.75) is 13.3 Å². The average Bonchev–Trinajstić information content (AvgIpc) is 3.04. The summed E-state index contributed by atoms with van der Waals surface area (Å²) in [6.45, 7) is 4.75. The van der Waals surface area contributed by atoms with Crippen molar-refractivity contribution in [2.75, 3.05) is 63.5 Å². The van der Waals surface area contributed by atoms with Crippen LogP contribution in [0.4, 0.5) is 11.4 Å². The van der Waals surface area contributed by atoms with E-state index in [0.717, 1.165) is 31.7 Å². The molecule has 0 N–H and O–H groups in total. The smallest absolute Gasteiger partial charge is 0.355 e. The number of benzene rings is 1. The number of amides is 1. The van der Waals surface area contributed by atoms with E-state index < -0.39 is 11.9 Å². The van der Waals surface area contributed by atoms with Crippen LogP contribution in [0.25, 0.3) is 0 Å². The van der Waals surface area contributed by atoms with Crippen molar-refractivity contribution in [2.24, 2.45) is 0 Å². The molecule has 0 atom stereocenters. The summed E-state index contributed by atoms with van der Waals surface area (Å²) in [7, 11) is 2.52. The van der Waals surface area contributed by atoms with Gasteiger partial charge in [-0.25, -0.2) is 9.59 Å². The Balaban J connectivity index is 1.83. The molecule has 1 aromatic carbocycles. The Morgan fingerprint density at radius 3 is 2.20 bits per heavy atom. The highest BCUT2D eigenvalue weighted by atomic mass is 16.5. The second kappa shape index (κ2) is 9.62. The fourth-order valence-corrected chi connectivity index (χ4v) is 3.68. The van der Waals surface area contributed by atoms with E-state index in [4.69, 9.17) is 14.2 Å². The van der Waals surface area contributed by atoms with Crippen LogP contribution in [0.5, 0.6) is 0 Å². The number of nitrogens with zero attached hydrogens (tertiary/aromatic N) is 3. The first kappa shape index (κ1) is 21.6. The number of rotatable bonds is 4. The minimum atomic E-state index is -0.628. The standard InChI is InChI=1S/C21H27N3O6/c1-15(25)22-9-4-10-23(12-11-22)16-5-7-17(8-6-16)24-14-30-13-18(20(26)28-2)19(24)21(27)29-3/h5-8H,4,9-14H2,1-3H3. The van der Waals surface area contributed by atoms with Gasteiger partial charge in [-0.3, -0.25) is 4.79 Å². The third-order valence-electron chi connectivity index (χ3n) is 5.30. The van der Waals surface area contributed by atoms with Crippen LogP contribution in [-0.2, 0) is 28.6 Å². The van der Waals surface area contributed by atoms with Gasteiger partial charge in [0.25, 0.3) is 0 Å². The summed E-state index contributed by atoms with van der Waals surface area (Å²) in [6.07, 6.45) is 0.902. The molecule has 1 amide bonds. The maximum absolute atomic E-state index is 12.4. The Hall–Kier alpha value is -3.07. The first-order chi connectivity index (χ1) is 14.5. The zero-order valence-corrected chi connectivity index (χ0v) is 17.6. The van der Waals surface area contributed by atoms with Gasteiger partial charge in [0.05, 0.1) is 26.4 Å². The Morgan fingerprint density at radius 1 is 0.900 bits per heavy atom. The van der Waals surface area contributed by atoms with Crippen molar-refractivity contribution in [3.8, 4) is 0 Å². The molecule has 0 bridgehead atoms. The molecular weight excluding hydrogens is 390 g/mol. The second-order valence-electron chi connectivity index (χ2n) is 7.08. The summed E-state index contributed by atoms with van der Waals surface area (Å²) in [5.74, 6) is -1.16. The highest BCUT2D eigenvalue weighted by molar-refractivity contribution is 6.03. The molecule has 1 aromatic rings. The van der Waals surface area contributed by atoms with Crippen LogP contribution in [0.3, 0.4) is 0 Å². The molecule has 1 saturated heterocycles. The molecule has 1 fully saturated rings. The highest BCUT2D eigenvalue weighted by Crippen LogP contribution is 2.29. The van der Waals surface area contributed by atoms with Crippen molar-refractivity contribution in [1.29, 1.82) is 0 Å². The third-order valence-corrected chi connectivity index (χ3v) is 5.30. The zero-order valence-electron chi connectivity index (χ0n) is 17.6. The normalized spacial score (nSPS) is 17.5. The first-order valence-corrected chi connectivity index (χ1v) is 9.81. The first-order valence-electron chi connectivity index (χ1n) is 9.81. The van der Waals surface area contributed by atoms with Crippen LogP contribution < -0.4 is 9.80 Å². The van der Waals surface area contributed by atoms with Gasteiger partial charge in [-0.1, -0.05) is 0 Å². The molecule has 0 unspecified atom stereocenters. The molecule has 0 radical (unpaired) electrons. The largest absolute Gasteiger partial charge is 0.466 e. The molecule has 30 heavy (non-hydrogen) atoms. The van der Waals surface area contributed by atoms with E-state index in [1.165, 1.54) is 14.2 Å². The molecule has 0 aromatic heterocycles. The predicted molar refractivity (Wildman–Crippen MR) is 110 cm³/mol. The maximum Gasteiger partial charge on any atom is 0.355 e. The Labute approximate surface area is 175 Å². The summed E-state index contributed by atoms with van der Waals surface area (Å²) >= 11 is 0. The summed E-state index contributed by atoms with van der Waals surface area (Å²) in [5.41, 5.74) is 1.96. The van der Waals surface area contributed by atoms with Crippen LogP contribution in [0.15, 0.2) is 35.5 Å². The van der Waals surface area contributed by atoms with Gasteiger partial charge in [0.1, 0.15) is 12.4 Å². The van der Waals surface area contributed by atoms with E-state index >= 15 is 0 Å². The van der Waals surface area contributed by atoms with Gasteiger partial charge in [-0.05, 0) is 30.7 Å². The molecule has 2 aliphatic heterocycles. The molecule has 2 aliphatic rings. The summed E-state index contributed by atoms with van der Waals surface area (Å²) in [6, 6.07) is 7.66. The van der Waals surface area contributed by atoms with Crippen molar-refractivity contribution < 1.29 is 28.6 Å². The number of esters is 2. The average molecular weight is 417 g/mol. The lowest BCUT2D eigenvalue weighted by Crippen LogP contribution is -2.38. The number of carbonyl (C=O) groups excluding carboxylic acids is 3. The van der Waals surface area contributed by atoms with Gasteiger partial charge < -0.3 is 28.9 Å². The monoisotopic (exact) mass is 417 g/mol. The number of anilines is 2. The van der Waals surface area contributed by atoms with Crippen molar-refractivity contribution >= 4 is 29.2 Å². The summed E-state index contributed by atoms with van der Waals surface area (Å²) in [5, 5.41) is 0. The van der Waals surface area contributed by atoms with E-state index in [-0.39, 0.29) is 30.5 Å². The number of hydrogen-bond acceptors (Lipinski definition) is 8. The lowest BCUT2D eigenvalue weighted by molar-refractivity contribution is -0.140. The number of carbonyl (C=O) groups is 3. The van der Waals surface area contributed by atoms with Crippen molar-refractivity contribution in [3.05, 3.63) is 35.5 Å². The van der Waals surface area contributed by atoms with Gasteiger partial charge in [0, 0.05) is 44.5 Å². The molecule has 9 heteroatoms. The molecule has 162 valence electrons. The summed E-state index contributed by atoms with van der Waals surface area (Å²) < 4.78 is 15.2. The highest BCUT2D eigenvalue weighted by Gasteiger charge is 2.32. The molecule has 0 saturated carbocycles.